The van der Waals surface area contributed by atoms with E-state index in [1.54, 1.807) is 36.5 Å². The van der Waals surface area contributed by atoms with Crippen LogP contribution in [0, 0.1) is 5.82 Å². The van der Waals surface area contributed by atoms with Crippen molar-refractivity contribution in [2.75, 3.05) is 0 Å². The second kappa shape index (κ2) is 5.91. The second-order valence-corrected chi connectivity index (χ2v) is 5.42. The molecule has 0 aliphatic carbocycles. The third-order valence-electron chi connectivity index (χ3n) is 3.15. The lowest BCUT2D eigenvalue weighted by Crippen LogP contribution is -1.94. The molecule has 3 nitrogen and oxygen atoms in total. The zero-order chi connectivity index (χ0) is 15.7. The van der Waals surface area contributed by atoms with E-state index < -0.39 is 0 Å². The van der Waals surface area contributed by atoms with Crippen molar-refractivity contribution in [3.63, 3.8) is 0 Å². The van der Waals surface area contributed by atoms with Crippen molar-refractivity contribution in [2.45, 2.75) is 0 Å². The van der Waals surface area contributed by atoms with E-state index in [0.717, 1.165) is 0 Å². The average molecular weight is 335 g/mol. The van der Waals surface area contributed by atoms with E-state index in [1.165, 1.54) is 16.8 Å². The quantitative estimate of drug-likeness (QED) is 0.645. The molecule has 6 heteroatoms. The van der Waals surface area contributed by atoms with Gasteiger partial charge in [-0.15, -0.1) is 0 Å². The maximum Gasteiger partial charge on any atom is 0.153 e. The largest absolute Gasteiger partial charge is 0.298 e. The van der Waals surface area contributed by atoms with Gasteiger partial charge in [-0.05, 0) is 36.4 Å². The Morgan fingerprint density at radius 3 is 2.41 bits per heavy atom. The van der Waals surface area contributed by atoms with Crippen molar-refractivity contribution in [2.24, 2.45) is 0 Å². The van der Waals surface area contributed by atoms with Gasteiger partial charge in [0.15, 0.2) is 6.29 Å². The van der Waals surface area contributed by atoms with Gasteiger partial charge in [-0.3, -0.25) is 4.79 Å². The van der Waals surface area contributed by atoms with Crippen molar-refractivity contribution in [1.29, 1.82) is 0 Å². The van der Waals surface area contributed by atoms with E-state index in [1.807, 2.05) is 0 Å². The van der Waals surface area contributed by atoms with Crippen LogP contribution in [0.4, 0.5) is 4.39 Å². The number of hydrogen-bond acceptors (Lipinski definition) is 2. The second-order valence-electron chi connectivity index (χ2n) is 4.60. The highest BCUT2D eigenvalue weighted by Crippen LogP contribution is 2.29. The van der Waals surface area contributed by atoms with Crippen LogP contribution in [0.3, 0.4) is 0 Å². The fourth-order valence-electron chi connectivity index (χ4n) is 2.07. The highest BCUT2D eigenvalue weighted by atomic mass is 35.5. The highest BCUT2D eigenvalue weighted by molar-refractivity contribution is 6.42. The lowest BCUT2D eigenvalue weighted by Gasteiger charge is -2.02. The molecule has 0 spiro atoms. The molecule has 0 N–H and O–H groups in total. The molecule has 0 bridgehead atoms. The number of hydrogen-bond donors (Lipinski definition) is 0. The maximum absolute atomic E-state index is 13.0. The topological polar surface area (TPSA) is 34.9 Å². The van der Waals surface area contributed by atoms with Gasteiger partial charge >= 0.3 is 0 Å². The van der Waals surface area contributed by atoms with Crippen LogP contribution in [0.5, 0.6) is 0 Å². The van der Waals surface area contributed by atoms with Gasteiger partial charge in [0.25, 0.3) is 0 Å². The van der Waals surface area contributed by atoms with Gasteiger partial charge in [-0.25, -0.2) is 9.07 Å². The summed E-state index contributed by atoms with van der Waals surface area (Å²) >= 11 is 11.9. The lowest BCUT2D eigenvalue weighted by atomic mass is 10.1. The summed E-state index contributed by atoms with van der Waals surface area (Å²) in [4.78, 5) is 11.3. The molecule has 0 aliphatic heterocycles. The third kappa shape index (κ3) is 2.75. The molecular weight excluding hydrogens is 326 g/mol. The first-order valence-corrected chi connectivity index (χ1v) is 7.10. The van der Waals surface area contributed by atoms with Gasteiger partial charge in [0, 0.05) is 11.8 Å². The number of aromatic nitrogens is 2. The molecule has 0 saturated heterocycles. The van der Waals surface area contributed by atoms with Gasteiger partial charge in [0.05, 0.1) is 21.3 Å². The Morgan fingerprint density at radius 2 is 1.77 bits per heavy atom. The Morgan fingerprint density at radius 1 is 1.05 bits per heavy atom. The fourth-order valence-corrected chi connectivity index (χ4v) is 2.37. The number of aldehydes is 1. The minimum atomic E-state index is -0.337. The molecule has 0 amide bonds. The first kappa shape index (κ1) is 14.8. The molecule has 0 atom stereocenters. The first-order chi connectivity index (χ1) is 10.6. The smallest absolute Gasteiger partial charge is 0.153 e. The van der Waals surface area contributed by atoms with Gasteiger partial charge in [-0.1, -0.05) is 29.3 Å². The van der Waals surface area contributed by atoms with E-state index in [0.29, 0.717) is 38.8 Å². The normalized spacial score (nSPS) is 10.7. The van der Waals surface area contributed by atoms with Crippen molar-refractivity contribution < 1.29 is 9.18 Å². The Labute approximate surface area is 135 Å². The molecule has 0 aliphatic rings. The van der Waals surface area contributed by atoms with Crippen LogP contribution in [-0.4, -0.2) is 16.1 Å². The SMILES string of the molecule is O=Cc1cn(-c2ccc(F)cc2)nc1-c1ccc(Cl)c(Cl)c1. The predicted octanol–water partition coefficient (Wildman–Crippen LogP) is 4.80. The van der Waals surface area contributed by atoms with Crippen LogP contribution in [0.2, 0.25) is 10.0 Å². The molecule has 1 heterocycles. The summed E-state index contributed by atoms with van der Waals surface area (Å²) in [5, 5.41) is 5.19. The zero-order valence-electron chi connectivity index (χ0n) is 11.1. The summed E-state index contributed by atoms with van der Waals surface area (Å²) < 4.78 is 14.5. The summed E-state index contributed by atoms with van der Waals surface area (Å²) in [5.41, 5.74) is 2.22. The first-order valence-electron chi connectivity index (χ1n) is 6.34. The van der Waals surface area contributed by atoms with Gasteiger partial charge in [0.2, 0.25) is 0 Å². The fraction of sp³-hybridized carbons (Fsp3) is 0. The van der Waals surface area contributed by atoms with Crippen LogP contribution >= 0.6 is 23.2 Å². The Bertz CT molecular complexity index is 844. The molecule has 22 heavy (non-hydrogen) atoms. The monoisotopic (exact) mass is 334 g/mol. The van der Waals surface area contributed by atoms with Crippen molar-refractivity contribution in [3.05, 3.63) is 70.1 Å². The summed E-state index contributed by atoms with van der Waals surface area (Å²) in [6.07, 6.45) is 2.29. The molecule has 3 rings (SSSR count). The van der Waals surface area contributed by atoms with Gasteiger partial charge in [0.1, 0.15) is 11.5 Å². The number of carbonyl (C=O) groups excluding carboxylic acids is 1. The average Bonchev–Trinajstić information content (AvgIpc) is 2.95. The van der Waals surface area contributed by atoms with Crippen LogP contribution in [0.15, 0.2) is 48.7 Å². The van der Waals surface area contributed by atoms with E-state index >= 15 is 0 Å². The molecular formula is C16H9Cl2FN2O. The molecule has 110 valence electrons. The van der Waals surface area contributed by atoms with Crippen molar-refractivity contribution in [3.8, 4) is 16.9 Å². The van der Waals surface area contributed by atoms with Crippen LogP contribution < -0.4 is 0 Å². The Hall–Kier alpha value is -2.17. The van der Waals surface area contributed by atoms with Crippen LogP contribution in [-0.2, 0) is 0 Å². The zero-order valence-corrected chi connectivity index (χ0v) is 12.6. The lowest BCUT2D eigenvalue weighted by molar-refractivity contribution is 0.112. The minimum absolute atomic E-state index is 0.337. The highest BCUT2D eigenvalue weighted by Gasteiger charge is 2.13. The number of benzene rings is 2. The Kier molecular flexibility index (Phi) is 3.96. The summed E-state index contributed by atoms with van der Waals surface area (Å²) in [5.74, 6) is -0.337. The predicted molar refractivity (Wildman–Crippen MR) is 84.4 cm³/mol. The molecule has 0 saturated carbocycles. The third-order valence-corrected chi connectivity index (χ3v) is 3.89. The molecule has 0 unspecified atom stereocenters. The van der Waals surface area contributed by atoms with E-state index in [4.69, 9.17) is 23.2 Å². The van der Waals surface area contributed by atoms with Crippen LogP contribution in [0.1, 0.15) is 10.4 Å². The number of carbonyl (C=O) groups is 1. The summed E-state index contributed by atoms with van der Waals surface area (Å²) in [6.45, 7) is 0. The van der Waals surface area contributed by atoms with E-state index in [-0.39, 0.29) is 5.82 Å². The molecule has 0 fully saturated rings. The summed E-state index contributed by atoms with van der Waals surface area (Å²) in [6, 6.07) is 10.8. The van der Waals surface area contributed by atoms with Gasteiger partial charge < -0.3 is 0 Å². The molecule has 1 aromatic heterocycles. The van der Waals surface area contributed by atoms with Crippen LogP contribution in [0.25, 0.3) is 16.9 Å². The summed E-state index contributed by atoms with van der Waals surface area (Å²) in [7, 11) is 0. The van der Waals surface area contributed by atoms with Gasteiger partial charge in [-0.2, -0.15) is 5.10 Å². The number of halogens is 3. The van der Waals surface area contributed by atoms with E-state index in [9.17, 15) is 9.18 Å². The van der Waals surface area contributed by atoms with E-state index in [2.05, 4.69) is 5.10 Å². The standard InChI is InChI=1S/C16H9Cl2FN2O/c17-14-6-1-10(7-15(14)18)16-11(9-22)8-21(20-16)13-4-2-12(19)3-5-13/h1-9H. The number of nitrogens with zero attached hydrogens (tertiary/aromatic N) is 2. The number of rotatable bonds is 3. The molecule has 3 aromatic rings. The maximum atomic E-state index is 13.0. The minimum Gasteiger partial charge on any atom is -0.298 e. The van der Waals surface area contributed by atoms with Crippen molar-refractivity contribution >= 4 is 29.5 Å². The Balaban J connectivity index is 2.10. The molecule has 2 aromatic carbocycles. The van der Waals surface area contributed by atoms with Crippen molar-refractivity contribution in [1.82, 2.24) is 9.78 Å². The molecule has 0 radical (unpaired) electrons.